The summed E-state index contributed by atoms with van der Waals surface area (Å²) in [7, 11) is 0. The van der Waals surface area contributed by atoms with Crippen molar-refractivity contribution in [1.29, 1.82) is 0 Å². The Morgan fingerprint density at radius 2 is 0.613 bits per heavy atom. The molecule has 0 radical (unpaired) electrons. The summed E-state index contributed by atoms with van der Waals surface area (Å²) in [5, 5.41) is 0. The topological polar surface area (TPSA) is 78.9 Å². The predicted octanol–water partition coefficient (Wildman–Crippen LogP) is 18.1. The van der Waals surface area contributed by atoms with Crippen molar-refractivity contribution in [3.05, 3.63) is 0 Å². The zero-order chi connectivity index (χ0) is 45.4. The average Bonchev–Trinajstić information content (AvgIpc) is 3.26. The molecular weight excluding hydrogens is 769 g/mol. The standard InChI is InChI=1S/C56H108O6/c1-6-8-9-10-11-12-13-14-15-20-23-26-33-38-43-48-56(59)62-53(50-61-55(58)47-42-37-32-28-27-30-35-40-45-52(5)7-2)49-60-54(57)46-41-36-31-25-22-19-17-16-18-21-24-29-34-39-44-51(3)4/h51-53H,6-50H2,1-5H3/t52?,53-/m1/s1. The van der Waals surface area contributed by atoms with Gasteiger partial charge in [-0.15, -0.1) is 0 Å². The van der Waals surface area contributed by atoms with Crippen LogP contribution in [0.2, 0.25) is 0 Å². The van der Waals surface area contributed by atoms with Crippen molar-refractivity contribution < 1.29 is 28.6 Å². The van der Waals surface area contributed by atoms with Crippen LogP contribution in [0.25, 0.3) is 0 Å². The quantitative estimate of drug-likeness (QED) is 0.0344. The van der Waals surface area contributed by atoms with Crippen LogP contribution in [0.5, 0.6) is 0 Å². The van der Waals surface area contributed by atoms with Crippen LogP contribution in [-0.4, -0.2) is 37.2 Å². The molecule has 0 saturated carbocycles. The Bertz CT molecular complexity index is 949. The molecule has 0 N–H and O–H groups in total. The van der Waals surface area contributed by atoms with Crippen molar-refractivity contribution in [3.63, 3.8) is 0 Å². The van der Waals surface area contributed by atoms with Crippen LogP contribution in [0.4, 0.5) is 0 Å². The maximum Gasteiger partial charge on any atom is 0.306 e. The van der Waals surface area contributed by atoms with E-state index in [4.69, 9.17) is 14.2 Å². The lowest BCUT2D eigenvalue weighted by atomic mass is 9.99. The van der Waals surface area contributed by atoms with E-state index < -0.39 is 6.10 Å². The van der Waals surface area contributed by atoms with Gasteiger partial charge >= 0.3 is 17.9 Å². The Kier molecular flexibility index (Phi) is 47.6. The number of rotatable bonds is 50. The number of esters is 3. The predicted molar refractivity (Wildman–Crippen MR) is 266 cm³/mol. The van der Waals surface area contributed by atoms with Gasteiger partial charge in [0.2, 0.25) is 0 Å². The lowest BCUT2D eigenvalue weighted by Gasteiger charge is -2.18. The number of hydrogen-bond acceptors (Lipinski definition) is 6. The van der Waals surface area contributed by atoms with Crippen LogP contribution in [0.15, 0.2) is 0 Å². The third kappa shape index (κ3) is 47.9. The van der Waals surface area contributed by atoms with Gasteiger partial charge in [0.05, 0.1) is 0 Å². The van der Waals surface area contributed by atoms with Crippen molar-refractivity contribution in [2.75, 3.05) is 13.2 Å². The second-order valence-corrected chi connectivity index (χ2v) is 19.9. The molecule has 0 saturated heterocycles. The lowest BCUT2D eigenvalue weighted by Crippen LogP contribution is -2.30. The molecule has 0 aromatic rings. The highest BCUT2D eigenvalue weighted by Gasteiger charge is 2.19. The van der Waals surface area contributed by atoms with Gasteiger partial charge in [0, 0.05) is 19.3 Å². The lowest BCUT2D eigenvalue weighted by molar-refractivity contribution is -0.167. The van der Waals surface area contributed by atoms with Gasteiger partial charge in [-0.2, -0.15) is 0 Å². The average molecular weight is 877 g/mol. The summed E-state index contributed by atoms with van der Waals surface area (Å²) < 4.78 is 16.9. The molecule has 0 heterocycles. The Morgan fingerprint density at radius 1 is 0.339 bits per heavy atom. The van der Waals surface area contributed by atoms with Crippen molar-refractivity contribution in [1.82, 2.24) is 0 Å². The molecule has 0 bridgehead atoms. The zero-order valence-corrected chi connectivity index (χ0v) is 42.5. The van der Waals surface area contributed by atoms with Crippen LogP contribution in [0, 0.1) is 11.8 Å². The molecule has 2 atom stereocenters. The molecule has 368 valence electrons. The Morgan fingerprint density at radius 3 is 0.919 bits per heavy atom. The number of ether oxygens (including phenoxy) is 3. The monoisotopic (exact) mass is 877 g/mol. The van der Waals surface area contributed by atoms with E-state index >= 15 is 0 Å². The molecule has 1 unspecified atom stereocenters. The number of hydrogen-bond donors (Lipinski definition) is 0. The summed E-state index contributed by atoms with van der Waals surface area (Å²) in [4.78, 5) is 38.1. The van der Waals surface area contributed by atoms with Gasteiger partial charge in [-0.05, 0) is 31.1 Å². The molecule has 0 aromatic carbocycles. The molecule has 0 fully saturated rings. The Hall–Kier alpha value is -1.59. The van der Waals surface area contributed by atoms with E-state index in [0.29, 0.717) is 19.3 Å². The SMILES string of the molecule is CCCCCCCCCCCCCCCCCC(=O)O[C@H](COC(=O)CCCCCCCCCCCCCCCCC(C)C)COC(=O)CCCCCCCCCCC(C)CC. The highest BCUT2D eigenvalue weighted by molar-refractivity contribution is 5.71. The van der Waals surface area contributed by atoms with Crippen molar-refractivity contribution in [2.24, 2.45) is 11.8 Å². The van der Waals surface area contributed by atoms with Crippen LogP contribution in [0.3, 0.4) is 0 Å². The summed E-state index contributed by atoms with van der Waals surface area (Å²) in [6.45, 7) is 11.4. The van der Waals surface area contributed by atoms with Crippen LogP contribution in [0.1, 0.15) is 311 Å². The minimum Gasteiger partial charge on any atom is -0.462 e. The summed E-state index contributed by atoms with van der Waals surface area (Å²) >= 11 is 0. The van der Waals surface area contributed by atoms with Crippen molar-refractivity contribution >= 4 is 17.9 Å². The molecule has 0 aliphatic heterocycles. The first-order valence-electron chi connectivity index (χ1n) is 27.8. The zero-order valence-electron chi connectivity index (χ0n) is 42.5. The summed E-state index contributed by atoms with van der Waals surface area (Å²) in [5.74, 6) is 0.849. The number of unbranched alkanes of at least 4 members (excludes halogenated alkanes) is 34. The summed E-state index contributed by atoms with van der Waals surface area (Å²) in [6.07, 6.45) is 50.8. The van der Waals surface area contributed by atoms with Crippen molar-refractivity contribution in [2.45, 2.75) is 317 Å². The summed E-state index contributed by atoms with van der Waals surface area (Å²) in [6, 6.07) is 0. The van der Waals surface area contributed by atoms with E-state index in [1.54, 1.807) is 0 Å². The molecule has 0 aliphatic carbocycles. The largest absolute Gasteiger partial charge is 0.462 e. The Labute approximate surface area is 387 Å². The fourth-order valence-corrected chi connectivity index (χ4v) is 8.49. The van der Waals surface area contributed by atoms with Gasteiger partial charge in [-0.25, -0.2) is 0 Å². The molecule has 0 spiro atoms. The fraction of sp³-hybridized carbons (Fsp3) is 0.946. The molecule has 6 heteroatoms. The number of carbonyl (C=O) groups is 3. The maximum absolute atomic E-state index is 12.8. The molecule has 0 amide bonds. The van der Waals surface area contributed by atoms with Gasteiger partial charge in [0.25, 0.3) is 0 Å². The van der Waals surface area contributed by atoms with E-state index in [2.05, 4.69) is 34.6 Å². The molecule has 62 heavy (non-hydrogen) atoms. The van der Waals surface area contributed by atoms with E-state index in [-0.39, 0.29) is 31.1 Å². The molecule has 0 aliphatic rings. The normalized spacial score (nSPS) is 12.5. The second kappa shape index (κ2) is 48.9. The molecular formula is C56H108O6. The van der Waals surface area contributed by atoms with Gasteiger partial charge < -0.3 is 14.2 Å². The van der Waals surface area contributed by atoms with Crippen LogP contribution < -0.4 is 0 Å². The first-order chi connectivity index (χ1) is 30.3. The minimum absolute atomic E-state index is 0.0633. The fourth-order valence-electron chi connectivity index (χ4n) is 8.49. The van der Waals surface area contributed by atoms with Crippen LogP contribution in [-0.2, 0) is 28.6 Å². The van der Waals surface area contributed by atoms with Gasteiger partial charge in [0.15, 0.2) is 6.10 Å². The van der Waals surface area contributed by atoms with E-state index in [0.717, 1.165) is 69.6 Å². The number of carbonyl (C=O) groups excluding carboxylic acids is 3. The Balaban J connectivity index is 4.30. The first kappa shape index (κ1) is 60.4. The van der Waals surface area contributed by atoms with Gasteiger partial charge in [-0.3, -0.25) is 14.4 Å². The van der Waals surface area contributed by atoms with Gasteiger partial charge in [0.1, 0.15) is 13.2 Å². The molecule has 6 nitrogen and oxygen atoms in total. The van der Waals surface area contributed by atoms with E-state index in [1.807, 2.05) is 0 Å². The third-order valence-electron chi connectivity index (χ3n) is 13.1. The van der Waals surface area contributed by atoms with E-state index in [1.165, 1.54) is 199 Å². The van der Waals surface area contributed by atoms with Crippen molar-refractivity contribution in [3.8, 4) is 0 Å². The highest BCUT2D eigenvalue weighted by atomic mass is 16.6. The first-order valence-corrected chi connectivity index (χ1v) is 27.8. The van der Waals surface area contributed by atoms with E-state index in [9.17, 15) is 14.4 Å². The second-order valence-electron chi connectivity index (χ2n) is 19.9. The third-order valence-corrected chi connectivity index (χ3v) is 13.1. The highest BCUT2D eigenvalue weighted by Crippen LogP contribution is 2.18. The minimum atomic E-state index is -0.762. The maximum atomic E-state index is 12.8. The molecule has 0 aromatic heterocycles. The van der Waals surface area contributed by atoms with Crippen LogP contribution >= 0.6 is 0 Å². The smallest absolute Gasteiger partial charge is 0.306 e. The van der Waals surface area contributed by atoms with Gasteiger partial charge in [-0.1, -0.05) is 272 Å². The molecule has 0 rings (SSSR count). The summed E-state index contributed by atoms with van der Waals surface area (Å²) in [5.41, 5.74) is 0.